The molecule has 0 saturated carbocycles. The number of urea groups is 1. The first kappa shape index (κ1) is 16.4. The third-order valence-electron chi connectivity index (χ3n) is 5.86. The molecule has 5 heteroatoms. The Balaban J connectivity index is 1.41. The normalized spacial score (nSPS) is 21.5. The molecule has 0 bridgehead atoms. The fourth-order valence-electron chi connectivity index (χ4n) is 4.36. The number of aliphatic imine (C=N–C) groups is 1. The second-order valence-electron chi connectivity index (χ2n) is 7.54. The summed E-state index contributed by atoms with van der Waals surface area (Å²) in [6.45, 7) is 2.91. The van der Waals surface area contributed by atoms with E-state index in [1.807, 2.05) is 23.2 Å². The number of benzene rings is 2. The van der Waals surface area contributed by atoms with E-state index in [1.54, 1.807) is 0 Å². The van der Waals surface area contributed by atoms with Gasteiger partial charge in [-0.25, -0.2) is 4.79 Å². The number of hydrogen-bond acceptors (Lipinski definition) is 3. The number of amides is 2. The molecule has 0 aromatic heterocycles. The Kier molecular flexibility index (Phi) is 4.07. The van der Waals surface area contributed by atoms with Gasteiger partial charge in [-0.1, -0.05) is 18.2 Å². The molecule has 0 spiro atoms. The Labute approximate surface area is 159 Å². The highest BCUT2D eigenvalue weighted by Gasteiger charge is 2.33. The van der Waals surface area contributed by atoms with Crippen LogP contribution in [-0.4, -0.2) is 31.9 Å². The van der Waals surface area contributed by atoms with Crippen LogP contribution in [0.5, 0.6) is 0 Å². The summed E-state index contributed by atoms with van der Waals surface area (Å²) in [7, 11) is 0. The van der Waals surface area contributed by atoms with Crippen LogP contribution < -0.4 is 15.1 Å². The molecular formula is C22H24N4O. The largest absolute Gasteiger partial charge is 0.372 e. The fourth-order valence-corrected chi connectivity index (χ4v) is 4.36. The van der Waals surface area contributed by atoms with Crippen molar-refractivity contribution in [1.29, 1.82) is 0 Å². The van der Waals surface area contributed by atoms with E-state index in [0.29, 0.717) is 6.54 Å². The van der Waals surface area contributed by atoms with Crippen LogP contribution in [0.3, 0.4) is 0 Å². The summed E-state index contributed by atoms with van der Waals surface area (Å²) in [5, 5.41) is 3.00. The lowest BCUT2D eigenvalue weighted by molar-refractivity contribution is 0.251. The molecule has 0 aliphatic carbocycles. The van der Waals surface area contributed by atoms with Crippen molar-refractivity contribution in [2.24, 2.45) is 4.99 Å². The second-order valence-corrected chi connectivity index (χ2v) is 7.54. The molecule has 3 aliphatic rings. The van der Waals surface area contributed by atoms with Crippen molar-refractivity contribution in [3.05, 3.63) is 53.6 Å². The number of nitrogens with zero attached hydrogens (tertiary/aromatic N) is 3. The van der Waals surface area contributed by atoms with Gasteiger partial charge in [0.2, 0.25) is 0 Å². The molecule has 1 atom stereocenters. The highest BCUT2D eigenvalue weighted by Crippen LogP contribution is 2.36. The summed E-state index contributed by atoms with van der Waals surface area (Å²) < 4.78 is 0. The highest BCUT2D eigenvalue weighted by atomic mass is 16.2. The van der Waals surface area contributed by atoms with Gasteiger partial charge < -0.3 is 10.2 Å². The maximum atomic E-state index is 12.5. The Bertz CT molecular complexity index is 884. The van der Waals surface area contributed by atoms with Crippen LogP contribution in [0.4, 0.5) is 21.9 Å². The monoisotopic (exact) mass is 360 g/mol. The van der Waals surface area contributed by atoms with Crippen molar-refractivity contribution >= 4 is 29.3 Å². The minimum absolute atomic E-state index is 0.0105. The molecule has 3 heterocycles. The standard InChI is InChI=1S/C22H24N4O/c27-22-24-15-21(26(22)19-9-4-16-10-11-23-20(16)14-19)17-5-7-18(8-6-17)25-12-2-1-3-13-25/h4-9,11,14,21H,1-3,10,12-13,15H2,(H,24,27). The Morgan fingerprint density at radius 1 is 0.963 bits per heavy atom. The van der Waals surface area contributed by atoms with Gasteiger partial charge in [-0.15, -0.1) is 0 Å². The summed E-state index contributed by atoms with van der Waals surface area (Å²) >= 11 is 0. The molecule has 2 aromatic rings. The summed E-state index contributed by atoms with van der Waals surface area (Å²) in [5.74, 6) is 0. The van der Waals surface area contributed by atoms with Gasteiger partial charge >= 0.3 is 6.03 Å². The van der Waals surface area contributed by atoms with E-state index < -0.39 is 0 Å². The van der Waals surface area contributed by atoms with E-state index in [4.69, 9.17) is 0 Å². The lowest BCUT2D eigenvalue weighted by atomic mass is 10.0. The third-order valence-corrected chi connectivity index (χ3v) is 5.86. The predicted octanol–water partition coefficient (Wildman–Crippen LogP) is 4.21. The van der Waals surface area contributed by atoms with Crippen LogP contribution in [0.2, 0.25) is 0 Å². The molecule has 27 heavy (non-hydrogen) atoms. The maximum absolute atomic E-state index is 12.5. The molecule has 2 saturated heterocycles. The summed E-state index contributed by atoms with van der Waals surface area (Å²) in [6, 6.07) is 14.9. The topological polar surface area (TPSA) is 47.9 Å². The van der Waals surface area contributed by atoms with Gasteiger partial charge in [0.1, 0.15) is 0 Å². The van der Waals surface area contributed by atoms with Gasteiger partial charge in [0, 0.05) is 43.6 Å². The van der Waals surface area contributed by atoms with E-state index in [-0.39, 0.29) is 12.1 Å². The van der Waals surface area contributed by atoms with Crippen LogP contribution in [0.1, 0.15) is 36.4 Å². The number of carbonyl (C=O) groups is 1. The van der Waals surface area contributed by atoms with E-state index in [9.17, 15) is 4.79 Å². The number of carbonyl (C=O) groups excluding carboxylic acids is 1. The second kappa shape index (κ2) is 6.72. The SMILES string of the molecule is O=C1NCC(c2ccc(N3CCCCC3)cc2)N1c1ccc2c(c1)N=CC2. The van der Waals surface area contributed by atoms with E-state index >= 15 is 0 Å². The van der Waals surface area contributed by atoms with Gasteiger partial charge in [-0.2, -0.15) is 0 Å². The fraction of sp³-hybridized carbons (Fsp3) is 0.364. The van der Waals surface area contributed by atoms with Crippen molar-refractivity contribution < 1.29 is 4.79 Å². The third kappa shape index (κ3) is 2.97. The number of nitrogens with one attached hydrogen (secondary N) is 1. The quantitative estimate of drug-likeness (QED) is 0.891. The minimum atomic E-state index is -0.0398. The van der Waals surface area contributed by atoms with E-state index in [1.165, 1.54) is 30.5 Å². The first-order chi connectivity index (χ1) is 13.3. The number of fused-ring (bicyclic) bond motifs is 1. The first-order valence-electron chi connectivity index (χ1n) is 9.87. The van der Waals surface area contributed by atoms with Crippen LogP contribution >= 0.6 is 0 Å². The molecule has 3 aliphatic heterocycles. The molecule has 0 radical (unpaired) electrons. The van der Waals surface area contributed by atoms with E-state index in [0.717, 1.165) is 36.4 Å². The summed E-state index contributed by atoms with van der Waals surface area (Å²) in [4.78, 5) is 21.3. The van der Waals surface area contributed by atoms with Gasteiger partial charge in [0.25, 0.3) is 0 Å². The molecule has 138 valence electrons. The van der Waals surface area contributed by atoms with Crippen molar-refractivity contribution in [3.8, 4) is 0 Å². The predicted molar refractivity (Wildman–Crippen MR) is 109 cm³/mol. The zero-order valence-corrected chi connectivity index (χ0v) is 15.4. The summed E-state index contributed by atoms with van der Waals surface area (Å²) in [6.07, 6.45) is 6.69. The van der Waals surface area contributed by atoms with Crippen LogP contribution in [0.25, 0.3) is 0 Å². The van der Waals surface area contributed by atoms with Crippen molar-refractivity contribution in [2.45, 2.75) is 31.7 Å². The Morgan fingerprint density at radius 3 is 2.56 bits per heavy atom. The molecule has 2 fully saturated rings. The van der Waals surface area contributed by atoms with Crippen LogP contribution in [-0.2, 0) is 6.42 Å². The Hall–Kier alpha value is -2.82. The summed E-state index contributed by atoms with van der Waals surface area (Å²) in [5.41, 5.74) is 5.56. The zero-order chi connectivity index (χ0) is 18.2. The molecule has 1 N–H and O–H groups in total. The van der Waals surface area contributed by atoms with Crippen molar-refractivity contribution in [2.75, 3.05) is 29.4 Å². The number of hydrogen-bond donors (Lipinski definition) is 1. The average molecular weight is 360 g/mol. The van der Waals surface area contributed by atoms with E-state index in [2.05, 4.69) is 45.5 Å². The smallest absolute Gasteiger partial charge is 0.322 e. The highest BCUT2D eigenvalue weighted by molar-refractivity contribution is 5.96. The number of piperidine rings is 1. The van der Waals surface area contributed by atoms with Crippen LogP contribution in [0.15, 0.2) is 47.5 Å². The Morgan fingerprint density at radius 2 is 1.74 bits per heavy atom. The lowest BCUT2D eigenvalue weighted by Crippen LogP contribution is -2.30. The minimum Gasteiger partial charge on any atom is -0.372 e. The molecule has 1 unspecified atom stereocenters. The molecule has 2 aromatic carbocycles. The number of rotatable bonds is 3. The van der Waals surface area contributed by atoms with Gasteiger partial charge in [-0.3, -0.25) is 9.89 Å². The van der Waals surface area contributed by atoms with Gasteiger partial charge in [0.15, 0.2) is 0 Å². The van der Waals surface area contributed by atoms with Crippen molar-refractivity contribution in [1.82, 2.24) is 5.32 Å². The first-order valence-corrected chi connectivity index (χ1v) is 9.87. The molecule has 2 amide bonds. The zero-order valence-electron chi connectivity index (χ0n) is 15.4. The van der Waals surface area contributed by atoms with Crippen molar-refractivity contribution in [3.63, 3.8) is 0 Å². The maximum Gasteiger partial charge on any atom is 0.322 e. The number of anilines is 2. The lowest BCUT2D eigenvalue weighted by Gasteiger charge is -2.29. The average Bonchev–Trinajstić information content (AvgIpc) is 3.34. The van der Waals surface area contributed by atoms with Gasteiger partial charge in [-0.05, 0) is 54.7 Å². The molecular weight excluding hydrogens is 336 g/mol. The molecule has 5 rings (SSSR count). The van der Waals surface area contributed by atoms with Crippen LogP contribution in [0, 0.1) is 0 Å². The van der Waals surface area contributed by atoms with Gasteiger partial charge in [0.05, 0.1) is 11.7 Å². The molecule has 5 nitrogen and oxygen atoms in total.